The lowest BCUT2D eigenvalue weighted by Gasteiger charge is -2.24. The van der Waals surface area contributed by atoms with Crippen molar-refractivity contribution in [3.63, 3.8) is 0 Å². The number of hydrogen-bond donors (Lipinski definition) is 2. The molecule has 0 aromatic heterocycles. The van der Waals surface area contributed by atoms with Crippen molar-refractivity contribution in [3.05, 3.63) is 107 Å². The molecule has 1 atom stereocenters. The van der Waals surface area contributed by atoms with Gasteiger partial charge in [0.25, 0.3) is 17.7 Å². The van der Waals surface area contributed by atoms with Gasteiger partial charge < -0.3 is 15.4 Å². The highest BCUT2D eigenvalue weighted by molar-refractivity contribution is 6.22. The molecule has 39 heavy (non-hydrogen) atoms. The second kappa shape index (κ2) is 12.0. The minimum Gasteiger partial charge on any atom is -0.464 e. The number of carbonyl (C=O) groups is 5. The molecule has 1 heterocycles. The Morgan fingerprint density at radius 2 is 1.46 bits per heavy atom. The fourth-order valence-corrected chi connectivity index (χ4v) is 4.22. The van der Waals surface area contributed by atoms with Gasteiger partial charge in [-0.3, -0.25) is 24.1 Å². The molecular formula is C30H27N3O6. The molecule has 0 saturated carbocycles. The lowest BCUT2D eigenvalue weighted by Crippen LogP contribution is -2.47. The van der Waals surface area contributed by atoms with E-state index < -0.39 is 29.7 Å². The predicted octanol–water partition coefficient (Wildman–Crippen LogP) is 3.57. The molecule has 0 spiro atoms. The third kappa shape index (κ3) is 6.27. The van der Waals surface area contributed by atoms with E-state index in [-0.39, 0.29) is 35.8 Å². The van der Waals surface area contributed by atoms with Crippen LogP contribution < -0.4 is 10.6 Å². The quantitative estimate of drug-likeness (QED) is 0.250. The summed E-state index contributed by atoms with van der Waals surface area (Å²) in [6.07, 6.45) is 1.60. The average Bonchev–Trinajstić information content (AvgIpc) is 3.18. The maximum atomic E-state index is 13.0. The van der Waals surface area contributed by atoms with Gasteiger partial charge in [0.15, 0.2) is 0 Å². The predicted molar refractivity (Wildman–Crippen MR) is 144 cm³/mol. The Hall–Kier alpha value is -5.05. The number of carbonyl (C=O) groups excluding carboxylic acids is 5. The molecule has 0 saturated heterocycles. The maximum absolute atomic E-state index is 13.0. The van der Waals surface area contributed by atoms with Gasteiger partial charge in [0, 0.05) is 19.0 Å². The van der Waals surface area contributed by atoms with Gasteiger partial charge in [0.05, 0.1) is 17.7 Å². The number of esters is 1. The number of rotatable bonds is 9. The normalized spacial score (nSPS) is 13.5. The molecule has 9 nitrogen and oxygen atoms in total. The third-order valence-electron chi connectivity index (χ3n) is 6.00. The smallest absolute Gasteiger partial charge is 0.329 e. The largest absolute Gasteiger partial charge is 0.464 e. The first-order chi connectivity index (χ1) is 18.8. The lowest BCUT2D eigenvalue weighted by atomic mass is 10.0. The van der Waals surface area contributed by atoms with Crippen LogP contribution in [-0.4, -0.2) is 47.1 Å². The minimum atomic E-state index is -1.15. The summed E-state index contributed by atoms with van der Waals surface area (Å²) in [5, 5.41) is 5.29. The molecule has 3 aromatic rings. The molecule has 198 valence electrons. The van der Waals surface area contributed by atoms with Gasteiger partial charge in [0.1, 0.15) is 11.7 Å². The van der Waals surface area contributed by atoms with Crippen molar-refractivity contribution >= 4 is 41.4 Å². The van der Waals surface area contributed by atoms with Crippen LogP contribution >= 0.6 is 0 Å². The van der Waals surface area contributed by atoms with Crippen LogP contribution in [-0.2, 0) is 25.5 Å². The van der Waals surface area contributed by atoms with E-state index in [9.17, 15) is 24.0 Å². The van der Waals surface area contributed by atoms with Crippen molar-refractivity contribution in [1.29, 1.82) is 0 Å². The molecule has 0 radical (unpaired) electrons. The van der Waals surface area contributed by atoms with Crippen molar-refractivity contribution in [2.75, 3.05) is 11.9 Å². The number of benzene rings is 3. The van der Waals surface area contributed by atoms with Crippen LogP contribution in [0.3, 0.4) is 0 Å². The first-order valence-corrected chi connectivity index (χ1v) is 12.4. The molecule has 4 amide bonds. The van der Waals surface area contributed by atoms with E-state index in [1.165, 1.54) is 6.92 Å². The van der Waals surface area contributed by atoms with Crippen molar-refractivity contribution in [3.8, 4) is 0 Å². The summed E-state index contributed by atoms with van der Waals surface area (Å²) in [7, 11) is 0. The monoisotopic (exact) mass is 525 g/mol. The third-order valence-corrected chi connectivity index (χ3v) is 6.00. The Balaban J connectivity index is 1.52. The highest BCUT2D eigenvalue weighted by Crippen LogP contribution is 2.27. The zero-order valence-corrected chi connectivity index (χ0v) is 21.5. The highest BCUT2D eigenvalue weighted by atomic mass is 16.5. The minimum absolute atomic E-state index is 0.0313. The van der Waals surface area contributed by atoms with Crippen molar-refractivity contribution in [2.45, 2.75) is 26.3 Å². The molecule has 9 heteroatoms. The zero-order chi connectivity index (χ0) is 27.9. The first-order valence-electron chi connectivity index (χ1n) is 12.4. The summed E-state index contributed by atoms with van der Waals surface area (Å²) >= 11 is 0. The van der Waals surface area contributed by atoms with Crippen LogP contribution in [0.25, 0.3) is 6.08 Å². The summed E-state index contributed by atoms with van der Waals surface area (Å²) in [4.78, 5) is 64.4. The molecular weight excluding hydrogens is 498 g/mol. The second-order valence-electron chi connectivity index (χ2n) is 8.80. The first kappa shape index (κ1) is 27.0. The van der Waals surface area contributed by atoms with Crippen LogP contribution in [0.1, 0.15) is 45.7 Å². The molecule has 1 aliphatic heterocycles. The van der Waals surface area contributed by atoms with Gasteiger partial charge in [0.2, 0.25) is 5.91 Å². The number of amides is 4. The number of nitrogens with zero attached hydrogens (tertiary/aromatic N) is 1. The van der Waals surface area contributed by atoms with Gasteiger partial charge in [-0.15, -0.1) is 0 Å². The van der Waals surface area contributed by atoms with Gasteiger partial charge in [-0.1, -0.05) is 54.6 Å². The fraction of sp³-hybridized carbons (Fsp3) is 0.167. The van der Waals surface area contributed by atoms with Gasteiger partial charge in [-0.05, 0) is 48.4 Å². The van der Waals surface area contributed by atoms with Crippen molar-refractivity contribution < 1.29 is 28.7 Å². The Labute approximate surface area is 225 Å². The van der Waals surface area contributed by atoms with E-state index in [4.69, 9.17) is 4.74 Å². The maximum Gasteiger partial charge on any atom is 0.329 e. The van der Waals surface area contributed by atoms with Gasteiger partial charge in [-0.2, -0.15) is 0 Å². The molecule has 2 N–H and O–H groups in total. The summed E-state index contributed by atoms with van der Waals surface area (Å²) in [5.41, 5.74) is 2.39. The Morgan fingerprint density at radius 1 is 0.872 bits per heavy atom. The molecule has 0 bridgehead atoms. The van der Waals surface area contributed by atoms with E-state index >= 15 is 0 Å². The van der Waals surface area contributed by atoms with Crippen LogP contribution in [0.4, 0.5) is 5.69 Å². The number of ether oxygens (including phenoxy) is 1. The molecule has 0 fully saturated rings. The molecule has 1 aliphatic rings. The van der Waals surface area contributed by atoms with E-state index in [0.717, 1.165) is 10.5 Å². The summed E-state index contributed by atoms with van der Waals surface area (Å²) in [6.45, 7) is 3.06. The Morgan fingerprint density at radius 3 is 2.03 bits per heavy atom. The molecule has 4 rings (SSSR count). The van der Waals surface area contributed by atoms with Crippen LogP contribution in [0.5, 0.6) is 0 Å². The van der Waals surface area contributed by atoms with E-state index in [1.807, 2.05) is 18.2 Å². The van der Waals surface area contributed by atoms with E-state index in [1.54, 1.807) is 73.7 Å². The van der Waals surface area contributed by atoms with Gasteiger partial charge >= 0.3 is 5.97 Å². The number of nitrogens with one attached hydrogen (secondary N) is 2. The summed E-state index contributed by atoms with van der Waals surface area (Å²) < 4.78 is 5.18. The topological polar surface area (TPSA) is 122 Å². The van der Waals surface area contributed by atoms with Gasteiger partial charge in [-0.25, -0.2) is 4.79 Å². The summed E-state index contributed by atoms with van der Waals surface area (Å²) in [6, 6.07) is 21.0. The Bertz CT molecular complexity index is 1410. The standard InChI is InChI=1S/C30H27N3O6/c1-3-39-30(38)26(33-28(36)23-11-7-8-12-24(23)29(33)37)18-21-13-15-22(16-14-21)32-27(35)25(31-19(2)34)17-20-9-5-4-6-10-20/h4-17,26H,3,18H2,1-2H3,(H,31,34)(H,32,35)/b25-17-/t26-/m1/s1. The summed E-state index contributed by atoms with van der Waals surface area (Å²) in [5.74, 6) is -2.69. The van der Waals surface area contributed by atoms with Crippen molar-refractivity contribution in [1.82, 2.24) is 10.2 Å². The molecule has 0 unspecified atom stereocenters. The molecule has 3 aromatic carbocycles. The number of anilines is 1. The van der Waals surface area contributed by atoms with E-state index in [2.05, 4.69) is 10.6 Å². The number of imide groups is 1. The number of hydrogen-bond acceptors (Lipinski definition) is 6. The Kier molecular flexibility index (Phi) is 8.30. The SMILES string of the molecule is CCOC(=O)[C@@H](Cc1ccc(NC(=O)/C(=C/c2ccccc2)NC(C)=O)cc1)N1C(=O)c2ccccc2C1=O. The zero-order valence-electron chi connectivity index (χ0n) is 21.5. The fourth-order valence-electron chi connectivity index (χ4n) is 4.22. The van der Waals surface area contributed by atoms with Crippen molar-refractivity contribution in [2.24, 2.45) is 0 Å². The lowest BCUT2D eigenvalue weighted by molar-refractivity contribution is -0.147. The van der Waals surface area contributed by atoms with Crippen LogP contribution in [0.2, 0.25) is 0 Å². The number of fused-ring (bicyclic) bond motifs is 1. The van der Waals surface area contributed by atoms with Crippen LogP contribution in [0.15, 0.2) is 84.6 Å². The average molecular weight is 526 g/mol. The highest BCUT2D eigenvalue weighted by Gasteiger charge is 2.43. The molecule has 0 aliphatic carbocycles. The van der Waals surface area contributed by atoms with E-state index in [0.29, 0.717) is 11.3 Å². The second-order valence-corrected chi connectivity index (χ2v) is 8.80. The van der Waals surface area contributed by atoms with Crippen LogP contribution in [0, 0.1) is 0 Å².